The molecule has 1 aliphatic rings. The van der Waals surface area contributed by atoms with Crippen LogP contribution in [0.15, 0.2) is 30.5 Å². The number of benzene rings is 1. The molecule has 1 fully saturated rings. The Kier molecular flexibility index (Phi) is 4.77. The Morgan fingerprint density at radius 1 is 1.18 bits per heavy atom. The summed E-state index contributed by atoms with van der Waals surface area (Å²) in [5, 5.41) is 15.1. The predicted molar refractivity (Wildman–Crippen MR) is 106 cm³/mol. The van der Waals surface area contributed by atoms with Crippen LogP contribution in [0.1, 0.15) is 46.1 Å². The van der Waals surface area contributed by atoms with Gasteiger partial charge in [-0.2, -0.15) is 15.2 Å². The Balaban J connectivity index is 1.43. The van der Waals surface area contributed by atoms with Gasteiger partial charge in [0.2, 0.25) is 5.95 Å². The predicted octanol–water partition coefficient (Wildman–Crippen LogP) is 2.48. The molecule has 1 saturated heterocycles. The van der Waals surface area contributed by atoms with Crippen LogP contribution in [0.25, 0.3) is 11.3 Å². The van der Waals surface area contributed by atoms with Gasteiger partial charge in [0.1, 0.15) is 5.82 Å². The van der Waals surface area contributed by atoms with Crippen LogP contribution in [0.2, 0.25) is 0 Å². The van der Waals surface area contributed by atoms with E-state index in [0.717, 1.165) is 41.1 Å². The molecule has 3 aromatic rings. The molecule has 1 aromatic carbocycles. The second-order valence-electron chi connectivity index (χ2n) is 7.22. The number of nitrogens with zero attached hydrogens (tertiary/aromatic N) is 5. The van der Waals surface area contributed by atoms with Crippen LogP contribution >= 0.6 is 0 Å². The maximum Gasteiger partial charge on any atom is 0.253 e. The third-order valence-electron chi connectivity index (χ3n) is 5.45. The first-order chi connectivity index (χ1) is 13.5. The van der Waals surface area contributed by atoms with E-state index in [9.17, 15) is 4.79 Å². The minimum atomic E-state index is 0.0501. The van der Waals surface area contributed by atoms with Crippen molar-refractivity contribution in [3.05, 3.63) is 53.0 Å². The lowest BCUT2D eigenvalue weighted by Crippen LogP contribution is -2.38. The van der Waals surface area contributed by atoms with Crippen molar-refractivity contribution in [2.24, 2.45) is 0 Å². The first kappa shape index (κ1) is 18.1. The smallest absolute Gasteiger partial charge is 0.253 e. The number of carbonyl (C=O) groups is 1. The minimum absolute atomic E-state index is 0.0501. The summed E-state index contributed by atoms with van der Waals surface area (Å²) in [6.45, 7) is 5.43. The SMILES string of the molecule is Cc1cnnc(-c2ccc(C(=O)N3CCC(c4nc(N)n[nH]4)CC3)cc2)c1C. The van der Waals surface area contributed by atoms with Crippen molar-refractivity contribution in [2.45, 2.75) is 32.6 Å². The highest BCUT2D eigenvalue weighted by Gasteiger charge is 2.26. The standard InChI is InChI=1S/C20H23N7O/c1-12-11-22-24-17(13(12)2)14-3-5-16(6-4-14)19(28)27-9-7-15(8-10-27)18-23-20(21)26-25-18/h3-6,11,15H,7-10H2,1-2H3,(H3,21,23,25,26). The van der Waals surface area contributed by atoms with Crippen molar-refractivity contribution in [3.63, 3.8) is 0 Å². The zero-order valence-electron chi connectivity index (χ0n) is 16.0. The van der Waals surface area contributed by atoms with Crippen molar-refractivity contribution >= 4 is 11.9 Å². The van der Waals surface area contributed by atoms with E-state index in [1.165, 1.54) is 0 Å². The van der Waals surface area contributed by atoms with Gasteiger partial charge in [-0.1, -0.05) is 12.1 Å². The summed E-state index contributed by atoms with van der Waals surface area (Å²) in [6, 6.07) is 7.61. The normalized spacial score (nSPS) is 15.0. The van der Waals surface area contributed by atoms with Crippen LogP contribution in [0.3, 0.4) is 0 Å². The Bertz CT molecular complexity index is 988. The molecule has 2 aromatic heterocycles. The van der Waals surface area contributed by atoms with Gasteiger partial charge in [0.25, 0.3) is 5.91 Å². The quantitative estimate of drug-likeness (QED) is 0.725. The summed E-state index contributed by atoms with van der Waals surface area (Å²) in [7, 11) is 0. The van der Waals surface area contributed by atoms with Gasteiger partial charge in [0.05, 0.1) is 11.9 Å². The molecular weight excluding hydrogens is 354 g/mol. The van der Waals surface area contributed by atoms with Crippen molar-refractivity contribution < 1.29 is 4.79 Å². The maximum atomic E-state index is 12.9. The monoisotopic (exact) mass is 377 g/mol. The highest BCUT2D eigenvalue weighted by molar-refractivity contribution is 5.94. The number of piperidine rings is 1. The topological polar surface area (TPSA) is 114 Å². The number of amides is 1. The van der Waals surface area contributed by atoms with E-state index in [-0.39, 0.29) is 17.8 Å². The molecule has 0 unspecified atom stereocenters. The molecular formula is C20H23N7O. The molecule has 28 heavy (non-hydrogen) atoms. The summed E-state index contributed by atoms with van der Waals surface area (Å²) in [6.07, 6.45) is 3.44. The van der Waals surface area contributed by atoms with Crippen LogP contribution in [0, 0.1) is 13.8 Å². The number of anilines is 1. The summed E-state index contributed by atoms with van der Waals surface area (Å²) in [5.74, 6) is 1.39. The second-order valence-corrected chi connectivity index (χ2v) is 7.22. The lowest BCUT2D eigenvalue weighted by atomic mass is 9.95. The highest BCUT2D eigenvalue weighted by Crippen LogP contribution is 2.27. The van der Waals surface area contributed by atoms with E-state index in [0.29, 0.717) is 18.7 Å². The molecule has 3 heterocycles. The summed E-state index contributed by atoms with van der Waals surface area (Å²) < 4.78 is 0. The molecule has 0 bridgehead atoms. The van der Waals surface area contributed by atoms with Gasteiger partial charge >= 0.3 is 0 Å². The molecule has 144 valence electrons. The molecule has 0 saturated carbocycles. The molecule has 1 aliphatic heterocycles. The number of nitrogens with one attached hydrogen (secondary N) is 1. The van der Waals surface area contributed by atoms with E-state index in [1.54, 1.807) is 6.20 Å². The van der Waals surface area contributed by atoms with E-state index in [1.807, 2.05) is 43.0 Å². The number of nitrogen functional groups attached to an aromatic ring is 1. The van der Waals surface area contributed by atoms with Gasteiger partial charge in [0, 0.05) is 30.1 Å². The van der Waals surface area contributed by atoms with Crippen molar-refractivity contribution in [3.8, 4) is 11.3 Å². The largest absolute Gasteiger partial charge is 0.367 e. The average Bonchev–Trinajstić information content (AvgIpc) is 3.16. The molecule has 8 heteroatoms. The fraction of sp³-hybridized carbons (Fsp3) is 0.350. The number of aromatic nitrogens is 5. The lowest BCUT2D eigenvalue weighted by Gasteiger charge is -2.31. The summed E-state index contributed by atoms with van der Waals surface area (Å²) in [5.41, 5.74) is 10.3. The first-order valence-electron chi connectivity index (χ1n) is 9.39. The molecule has 0 spiro atoms. The number of aryl methyl sites for hydroxylation is 1. The number of H-pyrrole nitrogens is 1. The summed E-state index contributed by atoms with van der Waals surface area (Å²) in [4.78, 5) is 19.0. The third-order valence-corrected chi connectivity index (χ3v) is 5.45. The molecule has 3 N–H and O–H groups in total. The van der Waals surface area contributed by atoms with Gasteiger partial charge < -0.3 is 10.6 Å². The van der Waals surface area contributed by atoms with E-state index < -0.39 is 0 Å². The zero-order chi connectivity index (χ0) is 19.7. The van der Waals surface area contributed by atoms with Crippen LogP contribution in [0.5, 0.6) is 0 Å². The molecule has 1 amide bonds. The molecule has 0 radical (unpaired) electrons. The number of hydrogen-bond acceptors (Lipinski definition) is 6. The number of carbonyl (C=O) groups excluding carboxylic acids is 1. The van der Waals surface area contributed by atoms with Gasteiger partial charge in [-0.05, 0) is 49.9 Å². The van der Waals surface area contributed by atoms with Crippen LogP contribution in [0.4, 0.5) is 5.95 Å². The van der Waals surface area contributed by atoms with Gasteiger partial charge in [0.15, 0.2) is 0 Å². The highest BCUT2D eigenvalue weighted by atomic mass is 16.2. The zero-order valence-corrected chi connectivity index (χ0v) is 16.0. The Hall–Kier alpha value is -3.29. The number of aromatic amines is 1. The fourth-order valence-corrected chi connectivity index (χ4v) is 3.59. The third kappa shape index (κ3) is 3.45. The van der Waals surface area contributed by atoms with Crippen LogP contribution in [-0.2, 0) is 0 Å². The van der Waals surface area contributed by atoms with E-state index >= 15 is 0 Å². The molecule has 4 rings (SSSR count). The lowest BCUT2D eigenvalue weighted by molar-refractivity contribution is 0.0711. The number of hydrogen-bond donors (Lipinski definition) is 2. The minimum Gasteiger partial charge on any atom is -0.367 e. The van der Waals surface area contributed by atoms with Gasteiger partial charge in [-0.3, -0.25) is 9.89 Å². The molecule has 0 atom stereocenters. The second kappa shape index (κ2) is 7.38. The van der Waals surface area contributed by atoms with Gasteiger partial charge in [-0.15, -0.1) is 5.10 Å². The number of rotatable bonds is 3. The average molecular weight is 377 g/mol. The van der Waals surface area contributed by atoms with Crippen molar-refractivity contribution in [1.82, 2.24) is 30.3 Å². The van der Waals surface area contributed by atoms with Crippen LogP contribution in [-0.4, -0.2) is 49.3 Å². The summed E-state index contributed by atoms with van der Waals surface area (Å²) >= 11 is 0. The fourth-order valence-electron chi connectivity index (χ4n) is 3.59. The van der Waals surface area contributed by atoms with E-state index in [4.69, 9.17) is 5.73 Å². The Morgan fingerprint density at radius 2 is 1.89 bits per heavy atom. The Labute approximate surface area is 163 Å². The van der Waals surface area contributed by atoms with E-state index in [2.05, 4.69) is 25.4 Å². The molecule has 0 aliphatic carbocycles. The maximum absolute atomic E-state index is 12.9. The van der Waals surface area contributed by atoms with Crippen LogP contribution < -0.4 is 5.73 Å². The number of nitrogens with two attached hydrogens (primary N) is 1. The number of likely N-dealkylation sites (tertiary alicyclic amines) is 1. The van der Waals surface area contributed by atoms with Crippen molar-refractivity contribution in [1.29, 1.82) is 0 Å². The first-order valence-corrected chi connectivity index (χ1v) is 9.39. The van der Waals surface area contributed by atoms with Gasteiger partial charge in [-0.25, -0.2) is 0 Å². The Morgan fingerprint density at radius 3 is 2.54 bits per heavy atom. The van der Waals surface area contributed by atoms with Crippen molar-refractivity contribution in [2.75, 3.05) is 18.8 Å². The molecule has 8 nitrogen and oxygen atoms in total.